The number of carbonyl (C=O) groups excluding carboxylic acids is 1. The highest BCUT2D eigenvalue weighted by Crippen LogP contribution is 2.21. The molecule has 0 saturated carbocycles. The smallest absolute Gasteiger partial charge is 0.274 e. The van der Waals surface area contributed by atoms with Gasteiger partial charge in [-0.1, -0.05) is 30.3 Å². The van der Waals surface area contributed by atoms with Crippen molar-refractivity contribution in [3.05, 3.63) is 64.6 Å². The van der Waals surface area contributed by atoms with Crippen molar-refractivity contribution in [2.24, 2.45) is 0 Å². The van der Waals surface area contributed by atoms with Gasteiger partial charge in [0, 0.05) is 36.6 Å². The standard InChI is InChI=1S/C20H21N5OS/c21-19-18(24-17(10-22-19)15-7-9-27-13-15)20(26)23-16-6-8-25(12-16)11-14-4-2-1-3-5-14/h1-5,7,9-10,13,16H,6,8,11-12H2,(H2,21,22)(H,23,26)/t16-/m1/s1. The number of anilines is 1. The first-order valence-corrected chi connectivity index (χ1v) is 9.85. The number of nitrogens with two attached hydrogens (primary N) is 1. The van der Waals surface area contributed by atoms with Gasteiger partial charge in [0.05, 0.1) is 11.9 Å². The van der Waals surface area contributed by atoms with Crippen LogP contribution in [0.5, 0.6) is 0 Å². The molecule has 2 aromatic heterocycles. The molecule has 4 rings (SSSR count). The van der Waals surface area contributed by atoms with Gasteiger partial charge in [-0.05, 0) is 23.4 Å². The zero-order chi connectivity index (χ0) is 18.6. The van der Waals surface area contributed by atoms with Crippen LogP contribution in [-0.4, -0.2) is 39.9 Å². The van der Waals surface area contributed by atoms with Crippen molar-refractivity contribution in [2.75, 3.05) is 18.8 Å². The van der Waals surface area contributed by atoms with E-state index in [1.807, 2.05) is 35.0 Å². The lowest BCUT2D eigenvalue weighted by molar-refractivity contribution is 0.0933. The SMILES string of the molecule is Nc1ncc(-c2ccsc2)nc1C(=O)N[C@@H]1CCN(Cc2ccccc2)C1. The Kier molecular flexibility index (Phi) is 5.13. The fraction of sp³-hybridized carbons (Fsp3) is 0.250. The fourth-order valence-corrected chi connectivity index (χ4v) is 3.95. The van der Waals surface area contributed by atoms with Gasteiger partial charge in [0.15, 0.2) is 11.5 Å². The number of hydrogen-bond acceptors (Lipinski definition) is 6. The van der Waals surface area contributed by atoms with Crippen molar-refractivity contribution in [1.82, 2.24) is 20.2 Å². The minimum atomic E-state index is -0.261. The van der Waals surface area contributed by atoms with E-state index in [0.29, 0.717) is 5.69 Å². The van der Waals surface area contributed by atoms with E-state index in [0.717, 1.165) is 31.6 Å². The van der Waals surface area contributed by atoms with Gasteiger partial charge in [-0.15, -0.1) is 0 Å². The first kappa shape index (κ1) is 17.6. The molecule has 27 heavy (non-hydrogen) atoms. The second-order valence-electron chi connectivity index (χ2n) is 6.68. The minimum Gasteiger partial charge on any atom is -0.382 e. The first-order chi connectivity index (χ1) is 13.2. The van der Waals surface area contributed by atoms with Crippen molar-refractivity contribution in [3.63, 3.8) is 0 Å². The molecular formula is C20H21N5OS. The average molecular weight is 379 g/mol. The normalized spacial score (nSPS) is 17.1. The lowest BCUT2D eigenvalue weighted by Gasteiger charge is -2.17. The number of hydrogen-bond donors (Lipinski definition) is 2. The molecule has 138 valence electrons. The predicted molar refractivity (Wildman–Crippen MR) is 107 cm³/mol. The molecule has 0 bridgehead atoms. The van der Waals surface area contributed by atoms with E-state index < -0.39 is 0 Å². The lowest BCUT2D eigenvalue weighted by atomic mass is 10.2. The van der Waals surface area contributed by atoms with E-state index in [-0.39, 0.29) is 23.5 Å². The molecule has 3 heterocycles. The lowest BCUT2D eigenvalue weighted by Crippen LogP contribution is -2.37. The van der Waals surface area contributed by atoms with Crippen LogP contribution in [0.2, 0.25) is 0 Å². The van der Waals surface area contributed by atoms with E-state index in [1.165, 1.54) is 5.56 Å². The molecule has 0 aliphatic carbocycles. The summed E-state index contributed by atoms with van der Waals surface area (Å²) in [6, 6.07) is 12.4. The zero-order valence-corrected chi connectivity index (χ0v) is 15.7. The van der Waals surface area contributed by atoms with Crippen molar-refractivity contribution >= 4 is 23.1 Å². The number of amides is 1. The predicted octanol–water partition coefficient (Wildman–Crippen LogP) is 2.79. The Labute approximate surface area is 162 Å². The highest BCUT2D eigenvalue weighted by Gasteiger charge is 2.25. The van der Waals surface area contributed by atoms with Crippen molar-refractivity contribution in [2.45, 2.75) is 19.0 Å². The van der Waals surface area contributed by atoms with Gasteiger partial charge in [0.25, 0.3) is 5.91 Å². The molecule has 0 radical (unpaired) electrons. The van der Waals surface area contributed by atoms with Crippen LogP contribution in [0.3, 0.4) is 0 Å². The number of aromatic nitrogens is 2. The van der Waals surface area contributed by atoms with Gasteiger partial charge in [0.1, 0.15) is 0 Å². The minimum absolute atomic E-state index is 0.0900. The van der Waals surface area contributed by atoms with E-state index in [1.54, 1.807) is 17.5 Å². The van der Waals surface area contributed by atoms with Crippen LogP contribution in [0.1, 0.15) is 22.5 Å². The van der Waals surface area contributed by atoms with Crippen LogP contribution >= 0.6 is 11.3 Å². The average Bonchev–Trinajstić information content (AvgIpc) is 3.35. The van der Waals surface area contributed by atoms with Gasteiger partial charge < -0.3 is 11.1 Å². The molecule has 0 spiro atoms. The summed E-state index contributed by atoms with van der Waals surface area (Å²) in [6.07, 6.45) is 2.52. The molecule has 1 atom stereocenters. The molecule has 1 aromatic carbocycles. The summed E-state index contributed by atoms with van der Waals surface area (Å²) in [5, 5.41) is 7.00. The van der Waals surface area contributed by atoms with E-state index in [9.17, 15) is 4.79 Å². The molecule has 7 heteroatoms. The summed E-state index contributed by atoms with van der Waals surface area (Å²) in [5.41, 5.74) is 8.98. The Morgan fingerprint density at radius 2 is 2.15 bits per heavy atom. The Balaban J connectivity index is 1.40. The molecule has 3 N–H and O–H groups in total. The molecule has 0 unspecified atom stereocenters. The summed E-state index contributed by atoms with van der Waals surface area (Å²) in [4.78, 5) is 23.6. The van der Waals surface area contributed by atoms with E-state index in [4.69, 9.17) is 5.73 Å². The van der Waals surface area contributed by atoms with Gasteiger partial charge in [-0.25, -0.2) is 9.97 Å². The number of nitrogen functional groups attached to an aromatic ring is 1. The third kappa shape index (κ3) is 4.15. The Morgan fingerprint density at radius 3 is 2.93 bits per heavy atom. The quantitative estimate of drug-likeness (QED) is 0.712. The molecule has 1 fully saturated rings. The third-order valence-electron chi connectivity index (χ3n) is 4.69. The summed E-state index contributed by atoms with van der Waals surface area (Å²) < 4.78 is 0. The van der Waals surface area contributed by atoms with Crippen molar-refractivity contribution in [1.29, 1.82) is 0 Å². The second-order valence-corrected chi connectivity index (χ2v) is 7.46. The number of rotatable bonds is 5. The molecular weight excluding hydrogens is 358 g/mol. The monoisotopic (exact) mass is 379 g/mol. The van der Waals surface area contributed by atoms with Crippen LogP contribution in [-0.2, 0) is 6.54 Å². The van der Waals surface area contributed by atoms with Crippen LogP contribution in [0.4, 0.5) is 5.82 Å². The van der Waals surface area contributed by atoms with Crippen LogP contribution in [0.15, 0.2) is 53.4 Å². The summed E-state index contributed by atoms with van der Waals surface area (Å²) >= 11 is 1.57. The highest BCUT2D eigenvalue weighted by atomic mass is 32.1. The number of thiophene rings is 1. The summed E-state index contributed by atoms with van der Waals surface area (Å²) in [5.74, 6) is -0.103. The highest BCUT2D eigenvalue weighted by molar-refractivity contribution is 7.08. The van der Waals surface area contributed by atoms with E-state index in [2.05, 4.69) is 32.3 Å². The molecule has 1 aliphatic heterocycles. The molecule has 1 saturated heterocycles. The van der Waals surface area contributed by atoms with Crippen molar-refractivity contribution in [3.8, 4) is 11.3 Å². The number of benzene rings is 1. The second kappa shape index (κ2) is 7.85. The largest absolute Gasteiger partial charge is 0.382 e. The topological polar surface area (TPSA) is 84.1 Å². The maximum atomic E-state index is 12.7. The van der Waals surface area contributed by atoms with Crippen LogP contribution in [0.25, 0.3) is 11.3 Å². The van der Waals surface area contributed by atoms with Crippen molar-refractivity contribution < 1.29 is 4.79 Å². The Morgan fingerprint density at radius 1 is 1.30 bits per heavy atom. The third-order valence-corrected chi connectivity index (χ3v) is 5.37. The van der Waals surface area contributed by atoms with Gasteiger partial charge in [-0.3, -0.25) is 9.69 Å². The molecule has 1 amide bonds. The zero-order valence-electron chi connectivity index (χ0n) is 14.8. The maximum absolute atomic E-state index is 12.7. The van der Waals surface area contributed by atoms with Gasteiger partial charge in [0.2, 0.25) is 0 Å². The Bertz CT molecular complexity index is 913. The molecule has 3 aromatic rings. The maximum Gasteiger partial charge on any atom is 0.274 e. The number of nitrogens with zero attached hydrogens (tertiary/aromatic N) is 3. The fourth-order valence-electron chi connectivity index (χ4n) is 3.30. The summed E-state index contributed by atoms with van der Waals surface area (Å²) in [6.45, 7) is 2.66. The Hall–Kier alpha value is -2.77. The number of nitrogens with one attached hydrogen (secondary N) is 1. The van der Waals surface area contributed by atoms with E-state index >= 15 is 0 Å². The summed E-state index contributed by atoms with van der Waals surface area (Å²) in [7, 11) is 0. The van der Waals surface area contributed by atoms with Gasteiger partial charge in [-0.2, -0.15) is 11.3 Å². The van der Waals surface area contributed by atoms with Crippen LogP contribution < -0.4 is 11.1 Å². The van der Waals surface area contributed by atoms with Crippen LogP contribution in [0, 0.1) is 0 Å². The first-order valence-electron chi connectivity index (χ1n) is 8.91. The number of carbonyl (C=O) groups is 1. The molecule has 6 nitrogen and oxygen atoms in total. The van der Waals surface area contributed by atoms with Gasteiger partial charge >= 0.3 is 0 Å². The molecule has 1 aliphatic rings. The number of likely N-dealkylation sites (tertiary alicyclic amines) is 1.